The second kappa shape index (κ2) is 7.36. The molecule has 3 rings (SSSR count). The molecule has 2 N–H and O–H groups in total. The lowest BCUT2D eigenvalue weighted by atomic mass is 9.95. The molecule has 0 bridgehead atoms. The number of fused-ring (bicyclic) bond motifs is 1. The van der Waals surface area contributed by atoms with E-state index in [1.807, 2.05) is 24.3 Å². The van der Waals surface area contributed by atoms with Crippen LogP contribution in [0.2, 0.25) is 0 Å². The van der Waals surface area contributed by atoms with Crippen LogP contribution in [-0.2, 0) is 16.0 Å². The van der Waals surface area contributed by atoms with Gasteiger partial charge in [0.05, 0.1) is 37.5 Å². The lowest BCUT2D eigenvalue weighted by Gasteiger charge is -2.25. The molecule has 0 fully saturated rings. The number of carbonyl (C=O) groups excluding carboxylic acids is 1. The normalized spacial score (nSPS) is 16.0. The van der Waals surface area contributed by atoms with Gasteiger partial charge in [-0.1, -0.05) is 24.3 Å². The van der Waals surface area contributed by atoms with E-state index in [2.05, 4.69) is 5.32 Å². The van der Waals surface area contributed by atoms with Crippen LogP contribution in [0.5, 0.6) is 5.75 Å². The molecule has 0 saturated carbocycles. The summed E-state index contributed by atoms with van der Waals surface area (Å²) in [6.07, 6.45) is 0.634. The Hall–Kier alpha value is -2.86. The molecule has 1 aliphatic heterocycles. The van der Waals surface area contributed by atoms with Gasteiger partial charge in [-0.3, -0.25) is 4.79 Å². The summed E-state index contributed by atoms with van der Waals surface area (Å²) in [5, 5.41) is 12.0. The lowest BCUT2D eigenvalue weighted by Crippen LogP contribution is -2.23. The van der Waals surface area contributed by atoms with Crippen LogP contribution in [-0.4, -0.2) is 30.7 Å². The first-order valence-corrected chi connectivity index (χ1v) is 7.99. The zero-order valence-electron chi connectivity index (χ0n) is 13.8. The van der Waals surface area contributed by atoms with Gasteiger partial charge >= 0.3 is 5.97 Å². The fraction of sp³-hybridized carbons (Fsp3) is 0.263. The van der Waals surface area contributed by atoms with Gasteiger partial charge in [-0.15, -0.1) is 0 Å². The van der Waals surface area contributed by atoms with Crippen molar-refractivity contribution in [3.63, 3.8) is 0 Å². The van der Waals surface area contributed by atoms with Crippen molar-refractivity contribution in [3.05, 3.63) is 59.2 Å². The Morgan fingerprint density at radius 3 is 2.84 bits per heavy atom. The van der Waals surface area contributed by atoms with E-state index in [1.54, 1.807) is 6.07 Å². The van der Waals surface area contributed by atoms with Crippen molar-refractivity contribution in [1.82, 2.24) is 0 Å². The third-order valence-electron chi connectivity index (χ3n) is 4.19. The molecular formula is C19H19NO5. The first-order chi connectivity index (χ1) is 12.1. The minimum absolute atomic E-state index is 0.0161. The van der Waals surface area contributed by atoms with Gasteiger partial charge in [0, 0.05) is 0 Å². The van der Waals surface area contributed by atoms with E-state index in [9.17, 15) is 14.7 Å². The molecule has 6 heteroatoms. The van der Waals surface area contributed by atoms with Crippen LogP contribution in [0.15, 0.2) is 42.5 Å². The number of nitrogens with one attached hydrogen (secondary N) is 1. The minimum Gasteiger partial charge on any atom is -0.497 e. The van der Waals surface area contributed by atoms with Gasteiger partial charge in [-0.05, 0) is 35.7 Å². The first-order valence-electron chi connectivity index (χ1n) is 7.99. The number of ether oxygens (including phenoxy) is 2. The molecular weight excluding hydrogens is 322 g/mol. The molecule has 0 aromatic heterocycles. The van der Waals surface area contributed by atoms with Crippen molar-refractivity contribution in [2.45, 2.75) is 18.9 Å². The molecule has 0 spiro atoms. The van der Waals surface area contributed by atoms with Crippen LogP contribution < -0.4 is 10.1 Å². The van der Waals surface area contributed by atoms with Crippen molar-refractivity contribution in [2.24, 2.45) is 0 Å². The molecule has 0 aliphatic carbocycles. The van der Waals surface area contributed by atoms with Crippen LogP contribution in [0.4, 0.5) is 5.69 Å². The zero-order valence-corrected chi connectivity index (χ0v) is 13.8. The smallest absolute Gasteiger partial charge is 0.337 e. The quantitative estimate of drug-likeness (QED) is 0.873. The Kier molecular flexibility index (Phi) is 5.00. The summed E-state index contributed by atoms with van der Waals surface area (Å²) in [4.78, 5) is 23.8. The Balaban J connectivity index is 1.75. The molecule has 1 unspecified atom stereocenters. The molecule has 130 valence electrons. The maximum atomic E-state index is 12.4. The van der Waals surface area contributed by atoms with Gasteiger partial charge < -0.3 is 19.9 Å². The standard InChI is InChI=1S/C19H19NO5/c1-24-13-6-7-16(15(10-13)19(22)23)20-18(21)11-17-14-5-3-2-4-12(14)8-9-25-17/h2-7,10,17H,8-9,11H2,1H3,(H,20,21)(H,22,23). The fourth-order valence-corrected chi connectivity index (χ4v) is 2.95. The molecule has 1 atom stereocenters. The fourth-order valence-electron chi connectivity index (χ4n) is 2.95. The van der Waals surface area contributed by atoms with Gasteiger partial charge in [-0.2, -0.15) is 0 Å². The number of carbonyl (C=O) groups is 2. The highest BCUT2D eigenvalue weighted by molar-refractivity contribution is 6.01. The first kappa shape index (κ1) is 17.0. The van der Waals surface area contributed by atoms with E-state index in [1.165, 1.54) is 24.8 Å². The summed E-state index contributed by atoms with van der Waals surface area (Å²) < 4.78 is 10.8. The molecule has 1 amide bonds. The Labute approximate surface area is 145 Å². The van der Waals surface area contributed by atoms with E-state index in [0.29, 0.717) is 12.4 Å². The van der Waals surface area contributed by atoms with E-state index in [0.717, 1.165) is 12.0 Å². The number of benzene rings is 2. The highest BCUT2D eigenvalue weighted by atomic mass is 16.5. The number of hydrogen-bond acceptors (Lipinski definition) is 4. The number of carboxylic acid groups (broad SMARTS) is 1. The number of methoxy groups -OCH3 is 1. The molecule has 25 heavy (non-hydrogen) atoms. The maximum Gasteiger partial charge on any atom is 0.337 e. The number of hydrogen-bond donors (Lipinski definition) is 2. The predicted molar refractivity (Wildman–Crippen MR) is 92.0 cm³/mol. The zero-order chi connectivity index (χ0) is 17.8. The van der Waals surface area contributed by atoms with Crippen molar-refractivity contribution >= 4 is 17.6 Å². The number of anilines is 1. The summed E-state index contributed by atoms with van der Waals surface area (Å²) in [6.45, 7) is 0.567. The van der Waals surface area contributed by atoms with E-state index in [-0.39, 0.29) is 29.7 Å². The highest BCUT2D eigenvalue weighted by Gasteiger charge is 2.24. The summed E-state index contributed by atoms with van der Waals surface area (Å²) in [7, 11) is 1.46. The monoisotopic (exact) mass is 341 g/mol. The highest BCUT2D eigenvalue weighted by Crippen LogP contribution is 2.30. The summed E-state index contributed by atoms with van der Waals surface area (Å²) in [6, 6.07) is 12.4. The van der Waals surface area contributed by atoms with Gasteiger partial charge in [-0.25, -0.2) is 4.79 Å². The molecule has 2 aromatic rings. The van der Waals surface area contributed by atoms with E-state index >= 15 is 0 Å². The summed E-state index contributed by atoms with van der Waals surface area (Å²) in [5.74, 6) is -1.01. The lowest BCUT2D eigenvalue weighted by molar-refractivity contribution is -0.119. The van der Waals surface area contributed by atoms with Crippen molar-refractivity contribution < 1.29 is 24.2 Å². The van der Waals surface area contributed by atoms with Crippen molar-refractivity contribution in [3.8, 4) is 5.75 Å². The third kappa shape index (κ3) is 3.80. The summed E-state index contributed by atoms with van der Waals surface area (Å²) in [5.41, 5.74) is 2.42. The Morgan fingerprint density at radius 2 is 2.08 bits per heavy atom. The van der Waals surface area contributed by atoms with Crippen molar-refractivity contribution in [1.29, 1.82) is 0 Å². The van der Waals surface area contributed by atoms with E-state index < -0.39 is 5.97 Å². The van der Waals surface area contributed by atoms with Gasteiger partial charge in [0.2, 0.25) is 5.91 Å². The number of rotatable bonds is 5. The Morgan fingerprint density at radius 1 is 1.28 bits per heavy atom. The molecule has 2 aromatic carbocycles. The third-order valence-corrected chi connectivity index (χ3v) is 4.19. The largest absolute Gasteiger partial charge is 0.497 e. The topological polar surface area (TPSA) is 84.9 Å². The minimum atomic E-state index is -1.13. The average molecular weight is 341 g/mol. The second-order valence-electron chi connectivity index (χ2n) is 5.78. The second-order valence-corrected chi connectivity index (χ2v) is 5.78. The van der Waals surface area contributed by atoms with Crippen LogP contribution in [0.3, 0.4) is 0 Å². The molecule has 0 radical (unpaired) electrons. The predicted octanol–water partition coefficient (Wildman–Crippen LogP) is 3.04. The van der Waals surface area contributed by atoms with Gasteiger partial charge in [0.25, 0.3) is 0 Å². The number of amides is 1. The van der Waals surface area contributed by atoms with E-state index in [4.69, 9.17) is 9.47 Å². The maximum absolute atomic E-state index is 12.4. The van der Waals surface area contributed by atoms with Crippen LogP contribution in [0.1, 0.15) is 34.0 Å². The SMILES string of the molecule is COc1ccc(NC(=O)CC2OCCc3ccccc32)c(C(=O)O)c1. The number of carboxylic acids is 1. The molecule has 1 aliphatic rings. The molecule has 6 nitrogen and oxygen atoms in total. The van der Waals surface area contributed by atoms with Gasteiger partial charge in [0.15, 0.2) is 0 Å². The van der Waals surface area contributed by atoms with Crippen LogP contribution in [0, 0.1) is 0 Å². The summed E-state index contributed by atoms with van der Waals surface area (Å²) >= 11 is 0. The van der Waals surface area contributed by atoms with Crippen LogP contribution >= 0.6 is 0 Å². The molecule has 0 saturated heterocycles. The molecule has 1 heterocycles. The average Bonchev–Trinajstić information content (AvgIpc) is 2.62. The van der Waals surface area contributed by atoms with Crippen molar-refractivity contribution in [2.75, 3.05) is 19.0 Å². The van der Waals surface area contributed by atoms with Crippen LogP contribution in [0.25, 0.3) is 0 Å². The Bertz CT molecular complexity index is 802. The number of aromatic carboxylic acids is 1. The van der Waals surface area contributed by atoms with Gasteiger partial charge in [0.1, 0.15) is 5.75 Å².